The molecule has 0 spiro atoms. The molecule has 1 fully saturated rings. The Morgan fingerprint density at radius 2 is 2.12 bits per heavy atom. The Balaban J connectivity index is 2.71. The van der Waals surface area contributed by atoms with Crippen LogP contribution in [0.2, 0.25) is 0 Å². The van der Waals surface area contributed by atoms with Crippen LogP contribution in [-0.4, -0.2) is 22.8 Å². The molecule has 0 heterocycles. The first-order valence-corrected chi connectivity index (χ1v) is 2.47. The van der Waals surface area contributed by atoms with E-state index in [0.29, 0.717) is 6.42 Å². The summed E-state index contributed by atoms with van der Waals surface area (Å²) in [6.45, 7) is 0. The molecule has 0 saturated heterocycles. The maximum absolute atomic E-state index is 10.3. The highest BCUT2D eigenvalue weighted by Gasteiger charge is 2.29. The van der Waals surface area contributed by atoms with Crippen molar-refractivity contribution in [2.45, 2.75) is 18.9 Å². The fraction of sp³-hybridized carbons (Fsp3) is 0.600. The SMILES string of the molecule is O=C1CC[C@H](O)C1=O. The van der Waals surface area contributed by atoms with Gasteiger partial charge in [0.2, 0.25) is 11.6 Å². The van der Waals surface area contributed by atoms with E-state index < -0.39 is 17.7 Å². The highest BCUT2D eigenvalue weighted by atomic mass is 16.3. The van der Waals surface area contributed by atoms with Crippen LogP contribution in [0, 0.1) is 0 Å². The molecule has 0 radical (unpaired) electrons. The normalized spacial score (nSPS) is 29.4. The minimum atomic E-state index is -0.998. The van der Waals surface area contributed by atoms with Crippen LogP contribution < -0.4 is 0 Å². The Labute approximate surface area is 46.3 Å². The van der Waals surface area contributed by atoms with Gasteiger partial charge in [-0.1, -0.05) is 0 Å². The second-order valence-electron chi connectivity index (χ2n) is 1.84. The standard InChI is InChI=1S/C5H6O3/c6-3-1-2-4(7)5(3)8/h3,6H,1-2H2/t3-/m0/s1. The quantitative estimate of drug-likeness (QED) is 0.423. The van der Waals surface area contributed by atoms with Crippen molar-refractivity contribution in [3.63, 3.8) is 0 Å². The lowest BCUT2D eigenvalue weighted by Gasteiger charge is -1.89. The second kappa shape index (κ2) is 1.67. The van der Waals surface area contributed by atoms with Crippen LogP contribution in [0.3, 0.4) is 0 Å². The zero-order valence-electron chi connectivity index (χ0n) is 4.26. The van der Waals surface area contributed by atoms with Crippen LogP contribution in [-0.2, 0) is 9.59 Å². The van der Waals surface area contributed by atoms with Crippen molar-refractivity contribution in [1.82, 2.24) is 0 Å². The number of aliphatic hydroxyl groups is 1. The molecule has 8 heavy (non-hydrogen) atoms. The molecule has 1 rings (SSSR count). The van der Waals surface area contributed by atoms with E-state index in [-0.39, 0.29) is 6.42 Å². The maximum Gasteiger partial charge on any atom is 0.226 e. The fourth-order valence-corrected chi connectivity index (χ4v) is 0.708. The number of carbonyl (C=O) groups is 2. The predicted molar refractivity (Wildman–Crippen MR) is 25.3 cm³/mol. The molecule has 3 nitrogen and oxygen atoms in total. The van der Waals surface area contributed by atoms with Crippen LogP contribution >= 0.6 is 0 Å². The molecule has 1 N–H and O–H groups in total. The molecule has 1 atom stereocenters. The third-order valence-corrected chi connectivity index (χ3v) is 1.22. The molecule has 3 heteroatoms. The van der Waals surface area contributed by atoms with Gasteiger partial charge in [0.25, 0.3) is 0 Å². The van der Waals surface area contributed by atoms with Crippen molar-refractivity contribution >= 4 is 11.6 Å². The van der Waals surface area contributed by atoms with Crippen LogP contribution in [0.25, 0.3) is 0 Å². The van der Waals surface area contributed by atoms with Gasteiger partial charge in [-0.3, -0.25) is 9.59 Å². The summed E-state index contributed by atoms with van der Waals surface area (Å²) < 4.78 is 0. The van der Waals surface area contributed by atoms with E-state index in [4.69, 9.17) is 5.11 Å². The molecule has 1 saturated carbocycles. The lowest BCUT2D eigenvalue weighted by molar-refractivity contribution is -0.137. The molecule has 0 bridgehead atoms. The van der Waals surface area contributed by atoms with E-state index in [2.05, 4.69) is 0 Å². The summed E-state index contributed by atoms with van der Waals surface area (Å²) in [6.07, 6.45) is -0.458. The van der Waals surface area contributed by atoms with Crippen LogP contribution in [0.5, 0.6) is 0 Å². The fourth-order valence-electron chi connectivity index (χ4n) is 0.708. The van der Waals surface area contributed by atoms with Gasteiger partial charge in [-0.2, -0.15) is 0 Å². The Morgan fingerprint density at radius 1 is 1.50 bits per heavy atom. The third kappa shape index (κ3) is 0.648. The van der Waals surface area contributed by atoms with Crippen molar-refractivity contribution in [3.8, 4) is 0 Å². The van der Waals surface area contributed by atoms with Gasteiger partial charge in [0.15, 0.2) is 0 Å². The zero-order valence-corrected chi connectivity index (χ0v) is 4.26. The van der Waals surface area contributed by atoms with E-state index in [0.717, 1.165) is 0 Å². The molecule has 0 aromatic carbocycles. The maximum atomic E-state index is 10.3. The summed E-state index contributed by atoms with van der Waals surface area (Å²) in [5.74, 6) is -1.05. The van der Waals surface area contributed by atoms with Crippen molar-refractivity contribution < 1.29 is 14.7 Å². The highest BCUT2D eigenvalue weighted by molar-refractivity contribution is 6.40. The first kappa shape index (κ1) is 5.44. The Bertz CT molecular complexity index is 139. The molecule has 0 aliphatic heterocycles. The van der Waals surface area contributed by atoms with Gasteiger partial charge >= 0.3 is 0 Å². The summed E-state index contributed by atoms with van der Waals surface area (Å²) in [5.41, 5.74) is 0. The van der Waals surface area contributed by atoms with Gasteiger partial charge < -0.3 is 5.11 Å². The monoisotopic (exact) mass is 114 g/mol. The smallest absolute Gasteiger partial charge is 0.226 e. The summed E-state index contributed by atoms with van der Waals surface area (Å²) in [5, 5.41) is 8.60. The van der Waals surface area contributed by atoms with E-state index in [1.165, 1.54) is 0 Å². The van der Waals surface area contributed by atoms with Gasteiger partial charge in [-0.15, -0.1) is 0 Å². The topological polar surface area (TPSA) is 54.4 Å². The van der Waals surface area contributed by atoms with Crippen molar-refractivity contribution in [3.05, 3.63) is 0 Å². The molecule has 0 aromatic heterocycles. The largest absolute Gasteiger partial charge is 0.385 e. The number of rotatable bonds is 0. The third-order valence-electron chi connectivity index (χ3n) is 1.22. The number of aliphatic hydroxyl groups excluding tert-OH is 1. The second-order valence-corrected chi connectivity index (χ2v) is 1.84. The van der Waals surface area contributed by atoms with Gasteiger partial charge in [-0.25, -0.2) is 0 Å². The van der Waals surface area contributed by atoms with E-state index in [1.54, 1.807) is 0 Å². The Morgan fingerprint density at radius 3 is 2.25 bits per heavy atom. The average Bonchev–Trinajstić information content (AvgIpc) is 1.98. The van der Waals surface area contributed by atoms with Crippen LogP contribution in [0.4, 0.5) is 0 Å². The Kier molecular flexibility index (Phi) is 1.13. The molecular formula is C5H6O3. The van der Waals surface area contributed by atoms with Crippen molar-refractivity contribution in [2.24, 2.45) is 0 Å². The van der Waals surface area contributed by atoms with Crippen LogP contribution in [0.1, 0.15) is 12.8 Å². The lowest BCUT2D eigenvalue weighted by Crippen LogP contribution is -2.17. The summed E-state index contributed by atoms with van der Waals surface area (Å²) in [4.78, 5) is 20.6. The molecule has 0 amide bonds. The van der Waals surface area contributed by atoms with Gasteiger partial charge in [0.1, 0.15) is 6.10 Å². The van der Waals surface area contributed by atoms with Crippen molar-refractivity contribution in [1.29, 1.82) is 0 Å². The predicted octanol–water partition coefficient (Wildman–Crippen LogP) is -0.721. The molecular weight excluding hydrogens is 108 g/mol. The highest BCUT2D eigenvalue weighted by Crippen LogP contribution is 2.09. The number of Topliss-reactive ketones (excluding diaryl/α,β-unsaturated/α-hetero) is 2. The molecule has 0 unspecified atom stereocenters. The lowest BCUT2D eigenvalue weighted by atomic mass is 10.3. The molecule has 0 aromatic rings. The average molecular weight is 114 g/mol. The summed E-state index contributed by atoms with van der Waals surface area (Å²) in [7, 11) is 0. The molecule has 1 aliphatic rings. The number of ketones is 2. The van der Waals surface area contributed by atoms with Crippen LogP contribution in [0.15, 0.2) is 0 Å². The number of carbonyl (C=O) groups excluding carboxylic acids is 2. The summed E-state index contributed by atoms with van der Waals surface area (Å²) >= 11 is 0. The minimum Gasteiger partial charge on any atom is -0.385 e. The van der Waals surface area contributed by atoms with E-state index in [9.17, 15) is 9.59 Å². The zero-order chi connectivity index (χ0) is 6.15. The molecule has 44 valence electrons. The molecule has 1 aliphatic carbocycles. The van der Waals surface area contributed by atoms with E-state index >= 15 is 0 Å². The number of hydrogen-bond acceptors (Lipinski definition) is 3. The number of hydrogen-bond donors (Lipinski definition) is 1. The van der Waals surface area contributed by atoms with E-state index in [1.807, 2.05) is 0 Å². The first-order valence-electron chi connectivity index (χ1n) is 2.47. The van der Waals surface area contributed by atoms with Gasteiger partial charge in [0.05, 0.1) is 0 Å². The minimum absolute atomic E-state index is 0.222. The summed E-state index contributed by atoms with van der Waals surface area (Å²) in [6, 6.07) is 0. The van der Waals surface area contributed by atoms with Crippen molar-refractivity contribution in [2.75, 3.05) is 0 Å². The van der Waals surface area contributed by atoms with Gasteiger partial charge in [0, 0.05) is 6.42 Å². The van der Waals surface area contributed by atoms with Gasteiger partial charge in [-0.05, 0) is 6.42 Å². The Hall–Kier alpha value is -0.700. The first-order chi connectivity index (χ1) is 3.72.